The van der Waals surface area contributed by atoms with Gasteiger partial charge in [0, 0.05) is 32.1 Å². The number of rotatable bonds is 6. The molecule has 2 amide bonds. The van der Waals surface area contributed by atoms with E-state index in [2.05, 4.69) is 0 Å². The Hall–Kier alpha value is -1.88. The average Bonchev–Trinajstić information content (AvgIpc) is 3.05. The van der Waals surface area contributed by atoms with E-state index in [1.807, 2.05) is 34.1 Å². The van der Waals surface area contributed by atoms with Gasteiger partial charge < -0.3 is 14.9 Å². The summed E-state index contributed by atoms with van der Waals surface area (Å²) in [4.78, 5) is 28.6. The maximum Gasteiger partial charge on any atom is 0.227 e. The third kappa shape index (κ3) is 4.60. The zero-order valence-electron chi connectivity index (χ0n) is 14.8. The highest BCUT2D eigenvalue weighted by atomic mass is 16.3. The van der Waals surface area contributed by atoms with Crippen LogP contribution in [0.25, 0.3) is 0 Å². The van der Waals surface area contributed by atoms with Crippen molar-refractivity contribution in [3.63, 3.8) is 0 Å². The van der Waals surface area contributed by atoms with Gasteiger partial charge in [-0.15, -0.1) is 0 Å². The molecule has 1 aromatic rings. The van der Waals surface area contributed by atoms with Crippen molar-refractivity contribution in [2.45, 2.75) is 57.6 Å². The van der Waals surface area contributed by atoms with Crippen molar-refractivity contribution in [3.8, 4) is 0 Å². The molecule has 0 bridgehead atoms. The molecule has 5 heteroatoms. The Balaban J connectivity index is 1.57. The number of piperidine rings is 1. The number of aliphatic hydroxyl groups excluding tert-OH is 1. The first-order valence-electron chi connectivity index (χ1n) is 9.43. The second-order valence-corrected chi connectivity index (χ2v) is 7.16. The van der Waals surface area contributed by atoms with Gasteiger partial charge in [-0.25, -0.2) is 0 Å². The third-order valence-corrected chi connectivity index (χ3v) is 5.41. The zero-order valence-corrected chi connectivity index (χ0v) is 14.8. The molecule has 0 unspecified atom stereocenters. The number of carbonyl (C=O) groups excluding carboxylic acids is 2. The molecule has 2 fully saturated rings. The molecule has 2 heterocycles. The number of benzene rings is 1. The SMILES string of the molecule is O=C1CCCN1CC[C@H]1CCCCN1C(=O)Cc1ccc(CO)cc1. The van der Waals surface area contributed by atoms with Crippen LogP contribution < -0.4 is 0 Å². The lowest BCUT2D eigenvalue weighted by Gasteiger charge is -2.37. The first-order valence-corrected chi connectivity index (χ1v) is 9.43. The normalized spacial score (nSPS) is 21.0. The standard InChI is InChI=1S/C20H28N2O3/c23-15-17-8-6-16(7-9-17)14-20(25)22-12-2-1-4-18(22)10-13-21-11-3-5-19(21)24/h6-9,18,23H,1-5,10-15H2/t18-/m1/s1. The van der Waals surface area contributed by atoms with Gasteiger partial charge in [0.15, 0.2) is 0 Å². The fourth-order valence-electron chi connectivity index (χ4n) is 3.91. The van der Waals surface area contributed by atoms with Crippen LogP contribution in [0.1, 0.15) is 49.7 Å². The molecule has 0 radical (unpaired) electrons. The minimum absolute atomic E-state index is 0.0254. The van der Waals surface area contributed by atoms with Crippen molar-refractivity contribution in [2.75, 3.05) is 19.6 Å². The van der Waals surface area contributed by atoms with Crippen molar-refractivity contribution >= 4 is 11.8 Å². The monoisotopic (exact) mass is 344 g/mol. The summed E-state index contributed by atoms with van der Waals surface area (Å²) in [7, 11) is 0. The summed E-state index contributed by atoms with van der Waals surface area (Å²) in [5.41, 5.74) is 1.85. The van der Waals surface area contributed by atoms with Gasteiger partial charge >= 0.3 is 0 Å². The molecular weight excluding hydrogens is 316 g/mol. The van der Waals surface area contributed by atoms with E-state index in [9.17, 15) is 9.59 Å². The van der Waals surface area contributed by atoms with E-state index in [4.69, 9.17) is 5.11 Å². The third-order valence-electron chi connectivity index (χ3n) is 5.41. The van der Waals surface area contributed by atoms with Gasteiger partial charge in [0.05, 0.1) is 13.0 Å². The predicted octanol–water partition coefficient (Wildman–Crippen LogP) is 2.11. The Labute approximate surface area is 149 Å². The second-order valence-electron chi connectivity index (χ2n) is 7.16. The summed E-state index contributed by atoms with van der Waals surface area (Å²) in [6.07, 6.45) is 6.21. The summed E-state index contributed by atoms with van der Waals surface area (Å²) < 4.78 is 0. The molecule has 0 aliphatic carbocycles. The number of likely N-dealkylation sites (tertiary alicyclic amines) is 2. The van der Waals surface area contributed by atoms with E-state index in [1.165, 1.54) is 0 Å². The molecule has 25 heavy (non-hydrogen) atoms. The van der Waals surface area contributed by atoms with Crippen molar-refractivity contribution < 1.29 is 14.7 Å². The first-order chi connectivity index (χ1) is 12.2. The van der Waals surface area contributed by atoms with Gasteiger partial charge in [-0.2, -0.15) is 0 Å². The molecule has 0 spiro atoms. The summed E-state index contributed by atoms with van der Waals surface area (Å²) in [6.45, 7) is 2.50. The van der Waals surface area contributed by atoms with E-state index in [-0.39, 0.29) is 24.5 Å². The minimum Gasteiger partial charge on any atom is -0.392 e. The highest BCUT2D eigenvalue weighted by Gasteiger charge is 2.28. The lowest BCUT2D eigenvalue weighted by atomic mass is 9.97. The van der Waals surface area contributed by atoms with E-state index < -0.39 is 0 Å². The summed E-state index contributed by atoms with van der Waals surface area (Å²) in [6, 6.07) is 7.84. The van der Waals surface area contributed by atoms with Crippen LogP contribution in [0.15, 0.2) is 24.3 Å². The maximum absolute atomic E-state index is 12.8. The van der Waals surface area contributed by atoms with Crippen LogP contribution in [0.5, 0.6) is 0 Å². The Bertz CT molecular complexity index is 599. The Morgan fingerprint density at radius 1 is 1.08 bits per heavy atom. The van der Waals surface area contributed by atoms with Crippen LogP contribution in [-0.4, -0.2) is 52.4 Å². The number of aliphatic hydroxyl groups is 1. The molecule has 0 saturated carbocycles. The predicted molar refractivity (Wildman–Crippen MR) is 95.9 cm³/mol. The largest absolute Gasteiger partial charge is 0.392 e. The van der Waals surface area contributed by atoms with Crippen molar-refractivity contribution in [2.24, 2.45) is 0 Å². The van der Waals surface area contributed by atoms with Gasteiger partial charge in [-0.05, 0) is 43.2 Å². The first kappa shape index (κ1) is 17.9. The smallest absolute Gasteiger partial charge is 0.227 e. The fourth-order valence-corrected chi connectivity index (χ4v) is 3.91. The van der Waals surface area contributed by atoms with Crippen LogP contribution in [0.3, 0.4) is 0 Å². The maximum atomic E-state index is 12.8. The lowest BCUT2D eigenvalue weighted by molar-refractivity contribution is -0.134. The molecule has 1 aromatic carbocycles. The number of hydrogen-bond acceptors (Lipinski definition) is 3. The molecule has 5 nitrogen and oxygen atoms in total. The molecule has 2 aliphatic rings. The van der Waals surface area contributed by atoms with E-state index in [0.29, 0.717) is 12.8 Å². The molecule has 3 rings (SSSR count). The summed E-state index contributed by atoms with van der Waals surface area (Å²) in [5.74, 6) is 0.437. The number of hydrogen-bond donors (Lipinski definition) is 1. The Kier molecular flexibility index (Phi) is 6.08. The summed E-state index contributed by atoms with van der Waals surface area (Å²) >= 11 is 0. The zero-order chi connectivity index (χ0) is 17.6. The number of carbonyl (C=O) groups is 2. The number of amides is 2. The summed E-state index contributed by atoms with van der Waals surface area (Å²) in [5, 5.41) is 9.11. The van der Waals surface area contributed by atoms with Crippen LogP contribution in [0.4, 0.5) is 0 Å². The van der Waals surface area contributed by atoms with E-state index in [0.717, 1.165) is 62.9 Å². The Morgan fingerprint density at radius 3 is 2.52 bits per heavy atom. The highest BCUT2D eigenvalue weighted by molar-refractivity contribution is 5.79. The topological polar surface area (TPSA) is 60.9 Å². The highest BCUT2D eigenvalue weighted by Crippen LogP contribution is 2.22. The van der Waals surface area contributed by atoms with Crippen molar-refractivity contribution in [3.05, 3.63) is 35.4 Å². The molecule has 136 valence electrons. The van der Waals surface area contributed by atoms with Crippen molar-refractivity contribution in [1.82, 2.24) is 9.80 Å². The molecule has 1 N–H and O–H groups in total. The molecule has 1 atom stereocenters. The Morgan fingerprint density at radius 2 is 1.84 bits per heavy atom. The molecular formula is C20H28N2O3. The van der Waals surface area contributed by atoms with Crippen LogP contribution in [0.2, 0.25) is 0 Å². The fraction of sp³-hybridized carbons (Fsp3) is 0.600. The second kappa shape index (κ2) is 8.48. The average molecular weight is 344 g/mol. The van der Waals surface area contributed by atoms with Gasteiger partial charge in [-0.3, -0.25) is 9.59 Å². The molecule has 2 aliphatic heterocycles. The van der Waals surface area contributed by atoms with E-state index >= 15 is 0 Å². The van der Waals surface area contributed by atoms with Crippen molar-refractivity contribution in [1.29, 1.82) is 0 Å². The quantitative estimate of drug-likeness (QED) is 0.860. The lowest BCUT2D eigenvalue weighted by Crippen LogP contribution is -2.46. The molecule has 0 aromatic heterocycles. The molecule has 2 saturated heterocycles. The van der Waals surface area contributed by atoms with Crippen LogP contribution in [0, 0.1) is 0 Å². The van der Waals surface area contributed by atoms with E-state index in [1.54, 1.807) is 0 Å². The van der Waals surface area contributed by atoms with Gasteiger partial charge in [-0.1, -0.05) is 24.3 Å². The van der Waals surface area contributed by atoms with Crippen LogP contribution >= 0.6 is 0 Å². The van der Waals surface area contributed by atoms with Gasteiger partial charge in [0.1, 0.15) is 0 Å². The van der Waals surface area contributed by atoms with Gasteiger partial charge in [0.25, 0.3) is 0 Å². The number of nitrogens with zero attached hydrogens (tertiary/aromatic N) is 2. The van der Waals surface area contributed by atoms with Gasteiger partial charge in [0.2, 0.25) is 11.8 Å². The minimum atomic E-state index is 0.0254. The van der Waals surface area contributed by atoms with Crippen LogP contribution in [-0.2, 0) is 22.6 Å².